The molecule has 0 aliphatic carbocycles. The molecule has 1 amide bonds. The molecule has 0 atom stereocenters. The number of aromatic amines is 1. The van der Waals surface area contributed by atoms with Crippen molar-refractivity contribution in [3.63, 3.8) is 0 Å². The molecule has 0 unspecified atom stereocenters. The molecule has 0 saturated carbocycles. The van der Waals surface area contributed by atoms with Gasteiger partial charge in [-0.3, -0.25) is 4.79 Å². The lowest BCUT2D eigenvalue weighted by Gasteiger charge is -2.11. The van der Waals surface area contributed by atoms with Crippen LogP contribution in [0.1, 0.15) is 28.5 Å². The van der Waals surface area contributed by atoms with Crippen LogP contribution < -0.4 is 5.32 Å². The third kappa shape index (κ3) is 2.33. The summed E-state index contributed by atoms with van der Waals surface area (Å²) in [6.45, 7) is 4.03. The molecule has 5 heteroatoms. The highest BCUT2D eigenvalue weighted by Crippen LogP contribution is 2.21. The summed E-state index contributed by atoms with van der Waals surface area (Å²) in [5.74, 6) is -0.247. The van der Waals surface area contributed by atoms with Crippen LogP contribution in [0.4, 0.5) is 5.69 Å². The van der Waals surface area contributed by atoms with Crippen LogP contribution in [0.2, 0.25) is 0 Å². The Morgan fingerprint density at radius 1 is 1.47 bits per heavy atom. The van der Waals surface area contributed by atoms with Gasteiger partial charge < -0.3 is 5.32 Å². The van der Waals surface area contributed by atoms with E-state index in [9.17, 15) is 4.79 Å². The summed E-state index contributed by atoms with van der Waals surface area (Å²) < 4.78 is 0. The fourth-order valence-electron chi connectivity index (χ4n) is 1.69. The number of anilines is 1. The van der Waals surface area contributed by atoms with E-state index in [0.717, 1.165) is 23.2 Å². The molecule has 0 bridgehead atoms. The zero-order chi connectivity index (χ0) is 12.3. The summed E-state index contributed by atoms with van der Waals surface area (Å²) in [6, 6.07) is 5.96. The number of H-pyrrole nitrogens is 1. The van der Waals surface area contributed by atoms with E-state index < -0.39 is 0 Å². The highest BCUT2D eigenvalue weighted by Gasteiger charge is 2.12. The van der Waals surface area contributed by atoms with E-state index in [1.54, 1.807) is 0 Å². The monoisotopic (exact) mass is 230 g/mol. The average Bonchev–Trinajstić information content (AvgIpc) is 2.85. The van der Waals surface area contributed by atoms with Crippen molar-refractivity contribution < 1.29 is 4.79 Å². The van der Waals surface area contributed by atoms with Gasteiger partial charge >= 0.3 is 0 Å². The second-order valence-corrected chi connectivity index (χ2v) is 3.77. The van der Waals surface area contributed by atoms with Crippen LogP contribution in [-0.2, 0) is 6.42 Å². The Hall–Kier alpha value is -2.17. The number of rotatable bonds is 3. The molecule has 0 radical (unpaired) electrons. The van der Waals surface area contributed by atoms with Gasteiger partial charge in [0.05, 0.1) is 6.20 Å². The second-order valence-electron chi connectivity index (χ2n) is 3.77. The maximum atomic E-state index is 11.9. The van der Waals surface area contributed by atoms with Crippen LogP contribution in [0.15, 0.2) is 24.4 Å². The minimum absolute atomic E-state index is 0.247. The molecule has 88 valence electrons. The van der Waals surface area contributed by atoms with E-state index in [1.807, 2.05) is 25.1 Å². The fraction of sp³-hybridized carbons (Fsp3) is 0.250. The van der Waals surface area contributed by atoms with Gasteiger partial charge in [-0.1, -0.05) is 25.1 Å². The summed E-state index contributed by atoms with van der Waals surface area (Å²) >= 11 is 0. The van der Waals surface area contributed by atoms with Gasteiger partial charge in [0.15, 0.2) is 5.69 Å². The van der Waals surface area contributed by atoms with Crippen molar-refractivity contribution in [3.05, 3.63) is 41.2 Å². The minimum atomic E-state index is -0.247. The van der Waals surface area contributed by atoms with E-state index >= 15 is 0 Å². The predicted molar refractivity (Wildman–Crippen MR) is 64.9 cm³/mol. The first-order valence-electron chi connectivity index (χ1n) is 5.48. The number of aryl methyl sites for hydroxylation is 2. The predicted octanol–water partition coefficient (Wildman–Crippen LogP) is 1.93. The first-order chi connectivity index (χ1) is 8.22. The maximum Gasteiger partial charge on any atom is 0.277 e. The van der Waals surface area contributed by atoms with E-state index in [4.69, 9.17) is 0 Å². The minimum Gasteiger partial charge on any atom is -0.320 e. The van der Waals surface area contributed by atoms with Crippen molar-refractivity contribution in [2.45, 2.75) is 20.3 Å². The molecule has 0 aliphatic rings. The van der Waals surface area contributed by atoms with Crippen molar-refractivity contribution >= 4 is 11.6 Å². The van der Waals surface area contributed by atoms with Gasteiger partial charge in [0.2, 0.25) is 0 Å². The largest absolute Gasteiger partial charge is 0.320 e. The zero-order valence-electron chi connectivity index (χ0n) is 9.82. The number of nitrogens with zero attached hydrogens (tertiary/aromatic N) is 2. The first-order valence-corrected chi connectivity index (χ1v) is 5.48. The molecule has 17 heavy (non-hydrogen) atoms. The normalized spacial score (nSPS) is 10.2. The molecule has 0 spiro atoms. The summed E-state index contributed by atoms with van der Waals surface area (Å²) in [6.07, 6.45) is 2.27. The van der Waals surface area contributed by atoms with Crippen molar-refractivity contribution in [2.75, 3.05) is 5.32 Å². The van der Waals surface area contributed by atoms with E-state index in [0.29, 0.717) is 0 Å². The Balaban J connectivity index is 2.27. The van der Waals surface area contributed by atoms with Gasteiger partial charge in [-0.2, -0.15) is 15.4 Å². The lowest BCUT2D eigenvalue weighted by atomic mass is 10.1. The molecule has 1 aromatic heterocycles. The SMILES string of the molecule is CCc1cccc(C)c1NC(=O)c1cn[nH]n1. The maximum absolute atomic E-state index is 11.9. The molecule has 1 heterocycles. The Bertz CT molecular complexity index is 519. The molecule has 0 fully saturated rings. The van der Waals surface area contributed by atoms with Crippen molar-refractivity contribution in [1.82, 2.24) is 15.4 Å². The van der Waals surface area contributed by atoms with Gasteiger partial charge in [0.25, 0.3) is 5.91 Å². The Labute approximate surface area is 99.2 Å². The summed E-state index contributed by atoms with van der Waals surface area (Å²) in [4.78, 5) is 11.9. The summed E-state index contributed by atoms with van der Waals surface area (Å²) in [7, 11) is 0. The molecule has 0 aliphatic heterocycles. The molecule has 2 rings (SSSR count). The lowest BCUT2D eigenvalue weighted by molar-refractivity contribution is 0.102. The molecule has 1 aromatic carbocycles. The third-order valence-corrected chi connectivity index (χ3v) is 2.63. The van der Waals surface area contributed by atoms with Crippen LogP contribution in [-0.4, -0.2) is 21.3 Å². The van der Waals surface area contributed by atoms with E-state index in [1.165, 1.54) is 6.20 Å². The van der Waals surface area contributed by atoms with Crippen molar-refractivity contribution in [3.8, 4) is 0 Å². The number of benzene rings is 1. The number of aromatic nitrogens is 3. The Kier molecular flexibility index (Phi) is 3.18. The molecule has 2 aromatic rings. The van der Waals surface area contributed by atoms with Gasteiger partial charge in [-0.25, -0.2) is 0 Å². The van der Waals surface area contributed by atoms with Gasteiger partial charge in [0.1, 0.15) is 0 Å². The topological polar surface area (TPSA) is 70.7 Å². The van der Waals surface area contributed by atoms with Crippen LogP contribution in [0.25, 0.3) is 0 Å². The zero-order valence-corrected chi connectivity index (χ0v) is 9.82. The second kappa shape index (κ2) is 4.78. The molecule has 5 nitrogen and oxygen atoms in total. The number of carbonyl (C=O) groups is 1. The number of hydrogen-bond donors (Lipinski definition) is 2. The van der Waals surface area contributed by atoms with Crippen LogP contribution in [0.3, 0.4) is 0 Å². The number of hydrogen-bond acceptors (Lipinski definition) is 3. The average molecular weight is 230 g/mol. The van der Waals surface area contributed by atoms with Crippen molar-refractivity contribution in [1.29, 1.82) is 0 Å². The van der Waals surface area contributed by atoms with Gasteiger partial charge in [-0.05, 0) is 24.5 Å². The number of amides is 1. The van der Waals surface area contributed by atoms with E-state index in [2.05, 4.69) is 27.7 Å². The third-order valence-electron chi connectivity index (χ3n) is 2.63. The number of para-hydroxylation sites is 1. The quantitative estimate of drug-likeness (QED) is 0.846. The standard InChI is InChI=1S/C12H14N4O/c1-3-9-6-4-5-8(2)11(9)14-12(17)10-7-13-16-15-10/h4-7H,3H2,1-2H3,(H,14,17)(H,13,15,16). The highest BCUT2D eigenvalue weighted by molar-refractivity contribution is 6.03. The van der Waals surface area contributed by atoms with E-state index in [-0.39, 0.29) is 11.6 Å². The molecule has 2 N–H and O–H groups in total. The lowest BCUT2D eigenvalue weighted by Crippen LogP contribution is -2.14. The van der Waals surface area contributed by atoms with Crippen LogP contribution in [0, 0.1) is 6.92 Å². The molecular weight excluding hydrogens is 216 g/mol. The highest BCUT2D eigenvalue weighted by atomic mass is 16.2. The Morgan fingerprint density at radius 2 is 2.29 bits per heavy atom. The molecular formula is C12H14N4O. The molecule has 0 saturated heterocycles. The summed E-state index contributed by atoms with van der Waals surface area (Å²) in [5.41, 5.74) is 3.31. The van der Waals surface area contributed by atoms with Crippen LogP contribution in [0.5, 0.6) is 0 Å². The number of nitrogens with one attached hydrogen (secondary N) is 2. The van der Waals surface area contributed by atoms with Crippen molar-refractivity contribution in [2.24, 2.45) is 0 Å². The number of carbonyl (C=O) groups excluding carboxylic acids is 1. The Morgan fingerprint density at radius 3 is 2.94 bits per heavy atom. The van der Waals surface area contributed by atoms with Gasteiger partial charge in [0, 0.05) is 5.69 Å². The van der Waals surface area contributed by atoms with Crippen LogP contribution >= 0.6 is 0 Å². The summed E-state index contributed by atoms with van der Waals surface area (Å²) in [5, 5.41) is 12.7. The smallest absolute Gasteiger partial charge is 0.277 e. The fourth-order valence-corrected chi connectivity index (χ4v) is 1.69. The van der Waals surface area contributed by atoms with Gasteiger partial charge in [-0.15, -0.1) is 0 Å². The first kappa shape index (κ1) is 11.3.